The third-order valence-corrected chi connectivity index (χ3v) is 4.08. The van der Waals surface area contributed by atoms with Crippen LogP contribution in [0.15, 0.2) is 47.6 Å². The summed E-state index contributed by atoms with van der Waals surface area (Å²) in [6, 6.07) is 10.5. The number of anilines is 1. The molecular formula is C19H22ClFN4O3. The third-order valence-electron chi connectivity index (χ3n) is 4.08. The third kappa shape index (κ3) is 5.17. The summed E-state index contributed by atoms with van der Waals surface area (Å²) in [6.45, 7) is 2.03. The van der Waals surface area contributed by atoms with E-state index in [0.29, 0.717) is 30.5 Å². The number of hydrogen-bond donors (Lipinski definition) is 2. The van der Waals surface area contributed by atoms with Crippen LogP contribution < -0.4 is 15.8 Å². The number of alkyl halides is 1. The zero-order chi connectivity index (χ0) is 19.3. The van der Waals surface area contributed by atoms with E-state index >= 15 is 0 Å². The molecule has 28 heavy (non-hydrogen) atoms. The summed E-state index contributed by atoms with van der Waals surface area (Å²) >= 11 is 0. The van der Waals surface area contributed by atoms with Crippen molar-refractivity contribution in [2.45, 2.75) is 12.5 Å². The Morgan fingerprint density at radius 2 is 2.21 bits per heavy atom. The van der Waals surface area contributed by atoms with Crippen molar-refractivity contribution in [2.24, 2.45) is 10.7 Å². The van der Waals surface area contributed by atoms with Gasteiger partial charge in [-0.2, -0.15) is 0 Å². The number of hydrogen-bond acceptors (Lipinski definition) is 6. The predicted molar refractivity (Wildman–Crippen MR) is 107 cm³/mol. The molecule has 0 saturated heterocycles. The number of aromatic nitrogens is 1. The molecule has 3 rings (SSSR count). The van der Waals surface area contributed by atoms with E-state index < -0.39 is 12.2 Å². The van der Waals surface area contributed by atoms with Gasteiger partial charge in [0, 0.05) is 5.69 Å². The standard InChI is InChI=1S/C19H21FN4O3.ClH/c1-19(12-26-11-17(21)24-19)13-3-2-4-14(9-13)23-18(25)16-6-5-15(10-22-16)27-8-7-20;/h2-6,9-10H,7-8,11-12H2,1H3,(H2,21,24)(H,23,25);1H. The average Bonchev–Trinajstić information content (AvgIpc) is 2.67. The van der Waals surface area contributed by atoms with Gasteiger partial charge >= 0.3 is 0 Å². The van der Waals surface area contributed by atoms with Gasteiger partial charge in [0.1, 0.15) is 42.7 Å². The van der Waals surface area contributed by atoms with E-state index in [1.165, 1.54) is 12.3 Å². The van der Waals surface area contributed by atoms with Crippen LogP contribution in [0.3, 0.4) is 0 Å². The Balaban J connectivity index is 0.00000280. The topological polar surface area (TPSA) is 98.8 Å². The molecule has 1 aromatic carbocycles. The van der Waals surface area contributed by atoms with Crippen molar-refractivity contribution >= 4 is 29.8 Å². The van der Waals surface area contributed by atoms with Gasteiger partial charge in [0.2, 0.25) is 0 Å². The summed E-state index contributed by atoms with van der Waals surface area (Å²) in [5, 5.41) is 2.81. The van der Waals surface area contributed by atoms with Crippen molar-refractivity contribution in [3.05, 3.63) is 53.9 Å². The maximum atomic E-state index is 12.4. The highest BCUT2D eigenvalue weighted by atomic mass is 35.5. The number of amidine groups is 1. The summed E-state index contributed by atoms with van der Waals surface area (Å²) in [4.78, 5) is 21.0. The summed E-state index contributed by atoms with van der Waals surface area (Å²) in [6.07, 6.45) is 1.39. The maximum Gasteiger partial charge on any atom is 0.274 e. The first-order valence-corrected chi connectivity index (χ1v) is 8.49. The van der Waals surface area contributed by atoms with E-state index in [9.17, 15) is 9.18 Å². The summed E-state index contributed by atoms with van der Waals surface area (Å²) in [5.41, 5.74) is 6.91. The minimum absolute atomic E-state index is 0. The number of ether oxygens (including phenoxy) is 2. The summed E-state index contributed by atoms with van der Waals surface area (Å²) in [5.74, 6) is 0.488. The Labute approximate surface area is 168 Å². The minimum Gasteiger partial charge on any atom is -0.489 e. The molecule has 2 aromatic rings. The quantitative estimate of drug-likeness (QED) is 0.765. The first-order valence-electron chi connectivity index (χ1n) is 8.49. The molecule has 0 spiro atoms. The fourth-order valence-electron chi connectivity index (χ4n) is 2.77. The van der Waals surface area contributed by atoms with E-state index in [0.717, 1.165) is 5.56 Å². The maximum absolute atomic E-state index is 12.4. The summed E-state index contributed by atoms with van der Waals surface area (Å²) < 4.78 is 22.7. The van der Waals surface area contributed by atoms with E-state index in [1.54, 1.807) is 12.1 Å². The van der Waals surface area contributed by atoms with Gasteiger partial charge in [0.05, 0.1) is 12.8 Å². The molecule has 3 N–H and O–H groups in total. The van der Waals surface area contributed by atoms with Gasteiger partial charge in [-0.15, -0.1) is 12.4 Å². The number of nitrogens with zero attached hydrogens (tertiary/aromatic N) is 2. The van der Waals surface area contributed by atoms with Crippen LogP contribution in [-0.4, -0.2) is 43.2 Å². The highest BCUT2D eigenvalue weighted by Crippen LogP contribution is 2.30. The van der Waals surface area contributed by atoms with Crippen LogP contribution in [0.2, 0.25) is 0 Å². The normalized spacial score (nSPS) is 18.6. The van der Waals surface area contributed by atoms with Gasteiger partial charge in [0.15, 0.2) is 0 Å². The fraction of sp³-hybridized carbons (Fsp3) is 0.316. The van der Waals surface area contributed by atoms with Crippen LogP contribution in [0, 0.1) is 0 Å². The van der Waals surface area contributed by atoms with Gasteiger partial charge in [-0.25, -0.2) is 9.37 Å². The lowest BCUT2D eigenvalue weighted by molar-refractivity contribution is 0.102. The molecule has 0 saturated carbocycles. The number of rotatable bonds is 6. The Morgan fingerprint density at radius 1 is 1.39 bits per heavy atom. The number of amides is 1. The number of benzene rings is 1. The number of nitrogens with two attached hydrogens (primary N) is 1. The van der Waals surface area contributed by atoms with Crippen molar-refractivity contribution < 1.29 is 18.7 Å². The molecule has 2 heterocycles. The summed E-state index contributed by atoms with van der Waals surface area (Å²) in [7, 11) is 0. The van der Waals surface area contributed by atoms with Gasteiger partial charge in [-0.05, 0) is 36.8 Å². The molecule has 0 aliphatic carbocycles. The zero-order valence-corrected chi connectivity index (χ0v) is 16.2. The number of carbonyl (C=O) groups excluding carboxylic acids is 1. The Morgan fingerprint density at radius 3 is 2.89 bits per heavy atom. The van der Waals surface area contributed by atoms with Crippen LogP contribution >= 0.6 is 12.4 Å². The largest absolute Gasteiger partial charge is 0.489 e. The highest BCUT2D eigenvalue weighted by molar-refractivity contribution is 6.02. The smallest absolute Gasteiger partial charge is 0.274 e. The number of pyridine rings is 1. The number of nitrogens with one attached hydrogen (secondary N) is 1. The number of aliphatic imine (C=N–C) groups is 1. The van der Waals surface area contributed by atoms with Crippen LogP contribution in [0.5, 0.6) is 5.75 Å². The van der Waals surface area contributed by atoms with Crippen LogP contribution in [-0.2, 0) is 10.3 Å². The molecule has 1 aliphatic heterocycles. The van der Waals surface area contributed by atoms with Gasteiger partial charge in [-0.3, -0.25) is 9.79 Å². The molecule has 1 unspecified atom stereocenters. The van der Waals surface area contributed by atoms with Crippen molar-refractivity contribution in [2.75, 3.05) is 31.8 Å². The monoisotopic (exact) mass is 408 g/mol. The lowest BCUT2D eigenvalue weighted by Crippen LogP contribution is -2.37. The lowest BCUT2D eigenvalue weighted by atomic mass is 9.92. The Kier molecular flexibility index (Phi) is 7.31. The second kappa shape index (κ2) is 9.48. The average molecular weight is 409 g/mol. The Hall–Kier alpha value is -2.71. The Bertz CT molecular complexity index is 847. The molecule has 150 valence electrons. The molecule has 9 heteroatoms. The molecule has 0 bridgehead atoms. The van der Waals surface area contributed by atoms with Crippen LogP contribution in [0.1, 0.15) is 23.0 Å². The number of halogens is 2. The SMILES string of the molecule is CC1(c2cccc(NC(=O)c3ccc(OCCF)cn3)c2)COCC(N)=N1.Cl. The molecule has 0 radical (unpaired) electrons. The van der Waals surface area contributed by atoms with E-state index in [1.807, 2.05) is 25.1 Å². The highest BCUT2D eigenvalue weighted by Gasteiger charge is 2.30. The molecule has 0 fully saturated rings. The molecule has 1 amide bonds. The van der Waals surface area contributed by atoms with E-state index in [4.69, 9.17) is 15.2 Å². The fourth-order valence-corrected chi connectivity index (χ4v) is 2.77. The second-order valence-corrected chi connectivity index (χ2v) is 6.32. The lowest BCUT2D eigenvalue weighted by Gasteiger charge is -2.30. The second-order valence-electron chi connectivity index (χ2n) is 6.32. The van der Waals surface area contributed by atoms with Crippen molar-refractivity contribution in [3.63, 3.8) is 0 Å². The van der Waals surface area contributed by atoms with Crippen molar-refractivity contribution in [1.82, 2.24) is 4.98 Å². The molecular weight excluding hydrogens is 387 g/mol. The van der Waals surface area contributed by atoms with Crippen LogP contribution in [0.4, 0.5) is 10.1 Å². The first kappa shape index (κ1) is 21.6. The molecule has 1 aliphatic rings. The van der Waals surface area contributed by atoms with Crippen molar-refractivity contribution in [3.8, 4) is 5.75 Å². The van der Waals surface area contributed by atoms with E-state index in [2.05, 4.69) is 15.3 Å². The number of carbonyl (C=O) groups is 1. The van der Waals surface area contributed by atoms with Gasteiger partial charge < -0.3 is 20.5 Å². The predicted octanol–water partition coefficient (Wildman–Crippen LogP) is 2.71. The van der Waals surface area contributed by atoms with Crippen LogP contribution in [0.25, 0.3) is 0 Å². The molecule has 1 atom stereocenters. The first-order chi connectivity index (χ1) is 13.0. The van der Waals surface area contributed by atoms with Crippen molar-refractivity contribution in [1.29, 1.82) is 0 Å². The molecule has 1 aromatic heterocycles. The van der Waals surface area contributed by atoms with Gasteiger partial charge in [0.25, 0.3) is 5.91 Å². The molecule has 7 nitrogen and oxygen atoms in total. The van der Waals surface area contributed by atoms with Gasteiger partial charge in [-0.1, -0.05) is 12.1 Å². The minimum atomic E-state index is -0.600. The zero-order valence-electron chi connectivity index (χ0n) is 15.4. The van der Waals surface area contributed by atoms with E-state index in [-0.39, 0.29) is 30.6 Å².